The lowest BCUT2D eigenvalue weighted by molar-refractivity contribution is 0.112. The number of aliphatic hydroxyl groups excluding tert-OH is 3. The van der Waals surface area contributed by atoms with Crippen LogP contribution >= 0.6 is 23.2 Å². The topological polar surface area (TPSA) is 149 Å². The van der Waals surface area contributed by atoms with Crippen LogP contribution in [-0.4, -0.2) is 60.7 Å². The Kier molecular flexibility index (Phi) is 12.7. The van der Waals surface area contributed by atoms with Crippen LogP contribution < -0.4 is 0 Å². The molecule has 0 bridgehead atoms. The first-order valence-electron chi connectivity index (χ1n) is 14.5. The van der Waals surface area contributed by atoms with Crippen LogP contribution in [-0.2, 0) is 26.3 Å². The van der Waals surface area contributed by atoms with E-state index in [9.17, 15) is 23.8 Å². The second-order valence-corrected chi connectivity index (χ2v) is 10.8. The van der Waals surface area contributed by atoms with E-state index in [1.54, 1.807) is 52.5 Å². The van der Waals surface area contributed by atoms with E-state index in [0.29, 0.717) is 51.0 Å². The molecule has 6 aromatic rings. The zero-order valence-electron chi connectivity index (χ0n) is 25.8. The highest BCUT2D eigenvalue weighted by Gasteiger charge is 2.21. The maximum Gasteiger partial charge on any atom is 0.153 e. The van der Waals surface area contributed by atoms with E-state index in [4.69, 9.17) is 28.3 Å². The predicted molar refractivity (Wildman–Crippen MR) is 174 cm³/mol. The van der Waals surface area contributed by atoms with E-state index in [1.165, 1.54) is 45.8 Å². The van der Waals surface area contributed by atoms with Crippen molar-refractivity contribution in [2.75, 3.05) is 0 Å². The van der Waals surface area contributed by atoms with Crippen LogP contribution in [0.5, 0.6) is 0 Å². The number of halogens is 4. The second kappa shape index (κ2) is 16.9. The first kappa shape index (κ1) is 36.1. The predicted octanol–water partition coefficient (Wildman–Crippen LogP) is 5.33. The van der Waals surface area contributed by atoms with Gasteiger partial charge in [-0.1, -0.05) is 23.2 Å². The largest absolute Gasteiger partial charge is 0.392 e. The molecule has 4 heterocycles. The van der Waals surface area contributed by atoms with Crippen molar-refractivity contribution in [3.8, 4) is 11.4 Å². The summed E-state index contributed by atoms with van der Waals surface area (Å²) in [6, 6.07) is 11.2. The lowest BCUT2D eigenvalue weighted by Crippen LogP contribution is -2.10. The van der Waals surface area contributed by atoms with E-state index in [2.05, 4.69) is 20.4 Å². The molecule has 0 saturated heterocycles. The van der Waals surface area contributed by atoms with Gasteiger partial charge < -0.3 is 15.3 Å². The Balaban J connectivity index is 0.000000183. The number of aromatic nitrogens is 8. The van der Waals surface area contributed by atoms with Crippen molar-refractivity contribution in [3.63, 3.8) is 0 Å². The van der Waals surface area contributed by atoms with Gasteiger partial charge >= 0.3 is 0 Å². The van der Waals surface area contributed by atoms with Crippen LogP contribution in [0.4, 0.5) is 8.78 Å². The SMILES string of the molecule is CCn1cc(C(O)c2cc(Cl)nn2-c2ccc(F)cc2CO)cn1.CCn1cc(C=O)cn1.OCc1cc(F)ccc1-n1ccc(Cl)n1. The zero-order chi connectivity index (χ0) is 34.8. The van der Waals surface area contributed by atoms with Crippen molar-refractivity contribution < 1.29 is 28.9 Å². The van der Waals surface area contributed by atoms with E-state index in [-0.39, 0.29) is 24.2 Å². The molecule has 0 spiro atoms. The maximum absolute atomic E-state index is 13.4. The molecule has 0 aliphatic rings. The Hall–Kier alpha value is -4.73. The lowest BCUT2D eigenvalue weighted by atomic mass is 10.1. The van der Waals surface area contributed by atoms with Crippen LogP contribution in [0.3, 0.4) is 0 Å². The molecule has 1 atom stereocenters. The summed E-state index contributed by atoms with van der Waals surface area (Å²) < 4.78 is 32.6. The second-order valence-electron chi connectivity index (χ2n) is 10.0. The average Bonchev–Trinajstić information content (AvgIpc) is 3.92. The molecule has 2 aromatic carbocycles. The highest BCUT2D eigenvalue weighted by atomic mass is 35.5. The molecule has 252 valence electrons. The number of carbonyl (C=O) groups is 1. The van der Waals surface area contributed by atoms with Gasteiger partial charge in [-0.05, 0) is 56.3 Å². The minimum Gasteiger partial charge on any atom is -0.392 e. The number of aryl methyl sites for hydroxylation is 2. The molecular weight excluding hydrogens is 669 g/mol. The third-order valence-corrected chi connectivity index (χ3v) is 7.24. The molecule has 0 radical (unpaired) electrons. The number of benzene rings is 2. The molecule has 1 unspecified atom stereocenters. The number of aliphatic hydroxyl groups is 3. The number of rotatable bonds is 9. The molecule has 16 heteroatoms. The molecule has 4 aromatic heterocycles. The molecule has 6 rings (SSSR count). The Morgan fingerprint density at radius 3 is 1.94 bits per heavy atom. The van der Waals surface area contributed by atoms with E-state index >= 15 is 0 Å². The van der Waals surface area contributed by atoms with Gasteiger partial charge in [0.15, 0.2) is 16.6 Å². The van der Waals surface area contributed by atoms with E-state index in [0.717, 1.165) is 12.8 Å². The summed E-state index contributed by atoms with van der Waals surface area (Å²) in [7, 11) is 0. The Morgan fingerprint density at radius 1 is 0.812 bits per heavy atom. The highest BCUT2D eigenvalue weighted by Crippen LogP contribution is 2.28. The van der Waals surface area contributed by atoms with Gasteiger partial charge in [0, 0.05) is 54.4 Å². The Bertz CT molecular complexity index is 1960. The number of nitrogens with zero attached hydrogens (tertiary/aromatic N) is 8. The number of hydrogen-bond donors (Lipinski definition) is 3. The van der Waals surface area contributed by atoms with Crippen molar-refractivity contribution in [1.82, 2.24) is 39.1 Å². The Labute approximate surface area is 284 Å². The van der Waals surface area contributed by atoms with E-state index < -0.39 is 11.9 Å². The normalized spacial score (nSPS) is 11.4. The van der Waals surface area contributed by atoms with Gasteiger partial charge in [-0.15, -0.1) is 0 Å². The van der Waals surface area contributed by atoms with Gasteiger partial charge in [0.2, 0.25) is 0 Å². The van der Waals surface area contributed by atoms with Crippen LogP contribution in [0.2, 0.25) is 10.3 Å². The molecule has 48 heavy (non-hydrogen) atoms. The first-order chi connectivity index (χ1) is 23.1. The van der Waals surface area contributed by atoms with Gasteiger partial charge in [0.25, 0.3) is 0 Å². The van der Waals surface area contributed by atoms with Gasteiger partial charge in [-0.3, -0.25) is 14.2 Å². The monoisotopic (exact) mass is 700 g/mol. The summed E-state index contributed by atoms with van der Waals surface area (Å²) in [5, 5.41) is 45.9. The Morgan fingerprint density at radius 2 is 1.42 bits per heavy atom. The fourth-order valence-electron chi connectivity index (χ4n) is 4.46. The molecule has 12 nitrogen and oxygen atoms in total. The third-order valence-electron chi connectivity index (χ3n) is 6.85. The molecule has 0 amide bonds. The number of hydrogen-bond acceptors (Lipinski definition) is 8. The summed E-state index contributed by atoms with van der Waals surface area (Å²) >= 11 is 11.7. The van der Waals surface area contributed by atoms with Crippen LogP contribution in [0, 0.1) is 11.6 Å². The fraction of sp³-hybridized carbons (Fsp3) is 0.219. The molecule has 0 fully saturated rings. The van der Waals surface area contributed by atoms with Crippen molar-refractivity contribution in [2.24, 2.45) is 0 Å². The van der Waals surface area contributed by atoms with Gasteiger partial charge in [0.05, 0.1) is 48.2 Å². The van der Waals surface area contributed by atoms with Crippen LogP contribution in [0.25, 0.3) is 11.4 Å². The molecular formula is C32H32Cl2F2N8O4. The van der Waals surface area contributed by atoms with Gasteiger partial charge in [-0.25, -0.2) is 18.1 Å². The molecule has 0 saturated carbocycles. The van der Waals surface area contributed by atoms with Crippen molar-refractivity contribution in [1.29, 1.82) is 0 Å². The standard InChI is InChI=1S/C16H16ClFN4O2.C10H8ClFN2O.C6H8N2O/c1-2-21-8-11(7-19-21)16(24)14-6-15(17)20-22(14)13-4-3-12(18)5-10(13)9-23;11-10-3-4-14(13-10)9-2-1-8(12)5-7(9)6-15;1-2-8-4-6(5-9)3-7-8/h3-8,16,23-24H,2,9H2,1H3;1-5,15H,6H2;3-5H,2H2,1H3. The number of aldehydes is 1. The van der Waals surface area contributed by atoms with Crippen molar-refractivity contribution in [2.45, 2.75) is 46.3 Å². The van der Waals surface area contributed by atoms with Crippen molar-refractivity contribution >= 4 is 29.5 Å². The summed E-state index contributed by atoms with van der Waals surface area (Å²) in [6.45, 7) is 4.80. The van der Waals surface area contributed by atoms with Gasteiger partial charge in [-0.2, -0.15) is 20.4 Å². The summed E-state index contributed by atoms with van der Waals surface area (Å²) in [5.41, 5.74) is 3.49. The van der Waals surface area contributed by atoms with Crippen LogP contribution in [0.15, 0.2) is 79.5 Å². The summed E-state index contributed by atoms with van der Waals surface area (Å²) in [6.07, 6.45) is 7.99. The quantitative estimate of drug-likeness (QED) is 0.172. The van der Waals surface area contributed by atoms with Gasteiger partial charge in [0.1, 0.15) is 17.7 Å². The zero-order valence-corrected chi connectivity index (χ0v) is 27.3. The number of carbonyl (C=O) groups excluding carboxylic acids is 1. The first-order valence-corrected chi connectivity index (χ1v) is 15.3. The van der Waals surface area contributed by atoms with Crippen molar-refractivity contribution in [3.05, 3.63) is 129 Å². The van der Waals surface area contributed by atoms with E-state index in [1.807, 2.05) is 13.8 Å². The van der Waals surface area contributed by atoms with Crippen LogP contribution in [0.1, 0.15) is 52.7 Å². The molecule has 3 N–H and O–H groups in total. The fourth-order valence-corrected chi connectivity index (χ4v) is 4.78. The molecule has 0 aliphatic heterocycles. The summed E-state index contributed by atoms with van der Waals surface area (Å²) in [5.74, 6) is -0.853. The lowest BCUT2D eigenvalue weighted by Gasteiger charge is -2.14. The minimum atomic E-state index is -1.01. The third kappa shape index (κ3) is 8.99. The average molecular weight is 702 g/mol. The molecule has 0 aliphatic carbocycles. The minimum absolute atomic E-state index is 0.181. The maximum atomic E-state index is 13.4. The highest BCUT2D eigenvalue weighted by molar-refractivity contribution is 6.29. The summed E-state index contributed by atoms with van der Waals surface area (Å²) in [4.78, 5) is 10.1. The smallest absolute Gasteiger partial charge is 0.153 e.